The van der Waals surface area contributed by atoms with Gasteiger partial charge in [0.25, 0.3) is 0 Å². The number of nitrogens with one attached hydrogen (secondary N) is 3. The number of carbonyl (C=O) groups excluding carboxylic acids is 4. The molecule has 0 saturated heterocycles. The van der Waals surface area contributed by atoms with Gasteiger partial charge in [-0.1, -0.05) is 13.8 Å². The summed E-state index contributed by atoms with van der Waals surface area (Å²) in [6, 6.07) is -1.54. The molecule has 7 N–H and O–H groups in total. The lowest BCUT2D eigenvalue weighted by atomic mass is 10.0. The molecule has 0 bridgehead atoms. The number of unbranched alkanes of at least 4 members (excludes halogenated alkanes) is 1. The number of primary amides is 1. The molecule has 0 unspecified atom stereocenters. The highest BCUT2D eigenvalue weighted by atomic mass is 16.6. The van der Waals surface area contributed by atoms with Gasteiger partial charge in [-0.05, 0) is 52.4 Å². The van der Waals surface area contributed by atoms with Crippen molar-refractivity contribution < 1.29 is 23.9 Å². The fraction of sp³-hybridized carbons (Fsp3) is 0.789. The third-order valence-electron chi connectivity index (χ3n) is 3.76. The van der Waals surface area contributed by atoms with Gasteiger partial charge in [-0.25, -0.2) is 4.79 Å². The molecule has 0 rings (SSSR count). The maximum atomic E-state index is 12.0. The Kier molecular flexibility index (Phi) is 11.9. The van der Waals surface area contributed by atoms with Crippen LogP contribution in [0.5, 0.6) is 0 Å². The minimum atomic E-state index is -0.773. The van der Waals surface area contributed by atoms with E-state index in [0.717, 1.165) is 0 Å². The van der Waals surface area contributed by atoms with Crippen LogP contribution in [0.4, 0.5) is 4.79 Å². The average Bonchev–Trinajstić information content (AvgIpc) is 2.56. The smallest absolute Gasteiger partial charge is 0.407 e. The normalized spacial score (nSPS) is 13.3. The lowest BCUT2D eigenvalue weighted by Gasteiger charge is -2.19. The summed E-state index contributed by atoms with van der Waals surface area (Å²) in [7, 11) is 0. The molecular formula is C19H37N5O5. The van der Waals surface area contributed by atoms with Gasteiger partial charge in [0, 0.05) is 6.54 Å². The molecule has 0 radical (unpaired) electrons. The van der Waals surface area contributed by atoms with Crippen LogP contribution in [-0.4, -0.2) is 54.6 Å². The number of alkyl carbamates (subject to hydrolysis) is 1. The van der Waals surface area contributed by atoms with E-state index in [1.807, 2.05) is 13.8 Å². The summed E-state index contributed by atoms with van der Waals surface area (Å²) in [5, 5.41) is 7.58. The molecule has 0 fully saturated rings. The molecule has 10 heteroatoms. The van der Waals surface area contributed by atoms with Crippen LogP contribution in [0.1, 0.15) is 60.3 Å². The first-order valence-electron chi connectivity index (χ1n) is 9.90. The van der Waals surface area contributed by atoms with Gasteiger partial charge in [-0.15, -0.1) is 0 Å². The maximum Gasteiger partial charge on any atom is 0.407 e. The van der Waals surface area contributed by atoms with E-state index in [4.69, 9.17) is 16.2 Å². The van der Waals surface area contributed by atoms with Crippen molar-refractivity contribution in [1.29, 1.82) is 0 Å². The molecule has 0 saturated carbocycles. The second-order valence-corrected chi connectivity index (χ2v) is 8.40. The van der Waals surface area contributed by atoms with Gasteiger partial charge >= 0.3 is 6.09 Å². The summed E-state index contributed by atoms with van der Waals surface area (Å²) in [5.74, 6) is -1.40. The van der Waals surface area contributed by atoms with E-state index in [1.165, 1.54) is 0 Å². The van der Waals surface area contributed by atoms with Crippen LogP contribution in [0.2, 0.25) is 0 Å². The molecule has 2 atom stereocenters. The molecule has 0 aliphatic carbocycles. The van der Waals surface area contributed by atoms with E-state index in [0.29, 0.717) is 32.2 Å². The molecule has 0 heterocycles. The second-order valence-electron chi connectivity index (χ2n) is 8.40. The van der Waals surface area contributed by atoms with Crippen molar-refractivity contribution in [1.82, 2.24) is 16.0 Å². The maximum absolute atomic E-state index is 12.0. The SMILES string of the molecule is CC(C)C[C@H](NC(=O)CNC(=O)[C@@H](N)CCCCNC(=O)OC(C)(C)C)C(N)=O. The molecule has 0 aromatic rings. The number of carbonyl (C=O) groups is 4. The Morgan fingerprint density at radius 3 is 2.17 bits per heavy atom. The van der Waals surface area contributed by atoms with Crippen molar-refractivity contribution >= 4 is 23.8 Å². The molecule has 4 amide bonds. The molecule has 0 aliphatic heterocycles. The number of ether oxygens (including phenoxy) is 1. The molecule has 0 aromatic heterocycles. The Labute approximate surface area is 172 Å². The number of rotatable bonds is 12. The van der Waals surface area contributed by atoms with Crippen LogP contribution in [0.25, 0.3) is 0 Å². The predicted octanol–water partition coefficient (Wildman–Crippen LogP) is 0.141. The van der Waals surface area contributed by atoms with Gasteiger partial charge in [0.2, 0.25) is 17.7 Å². The fourth-order valence-electron chi connectivity index (χ4n) is 2.39. The summed E-state index contributed by atoms with van der Waals surface area (Å²) in [4.78, 5) is 46.7. The highest BCUT2D eigenvalue weighted by molar-refractivity contribution is 5.90. The van der Waals surface area contributed by atoms with Crippen molar-refractivity contribution in [2.75, 3.05) is 13.1 Å². The molecule has 0 spiro atoms. The Morgan fingerprint density at radius 2 is 1.66 bits per heavy atom. The summed E-state index contributed by atoms with van der Waals surface area (Å²) in [5.41, 5.74) is 10.5. The first-order valence-corrected chi connectivity index (χ1v) is 9.90. The predicted molar refractivity (Wildman–Crippen MR) is 110 cm³/mol. The number of nitrogens with two attached hydrogens (primary N) is 2. The van der Waals surface area contributed by atoms with Crippen molar-refractivity contribution in [3.05, 3.63) is 0 Å². The van der Waals surface area contributed by atoms with E-state index < -0.39 is 41.5 Å². The van der Waals surface area contributed by atoms with E-state index in [1.54, 1.807) is 20.8 Å². The average molecular weight is 416 g/mol. The van der Waals surface area contributed by atoms with E-state index >= 15 is 0 Å². The zero-order chi connectivity index (χ0) is 22.6. The summed E-state index contributed by atoms with van der Waals surface area (Å²) < 4.78 is 5.12. The summed E-state index contributed by atoms with van der Waals surface area (Å²) >= 11 is 0. The molecule has 0 aliphatic rings. The third kappa shape index (κ3) is 14.3. The largest absolute Gasteiger partial charge is 0.444 e. The Balaban J connectivity index is 4.06. The van der Waals surface area contributed by atoms with Crippen molar-refractivity contribution in [3.8, 4) is 0 Å². The van der Waals surface area contributed by atoms with Crippen LogP contribution < -0.4 is 27.4 Å². The van der Waals surface area contributed by atoms with E-state index in [9.17, 15) is 19.2 Å². The highest BCUT2D eigenvalue weighted by Gasteiger charge is 2.20. The number of hydrogen-bond donors (Lipinski definition) is 5. The fourth-order valence-corrected chi connectivity index (χ4v) is 2.39. The minimum Gasteiger partial charge on any atom is -0.444 e. The van der Waals surface area contributed by atoms with Crippen LogP contribution in [0.3, 0.4) is 0 Å². The number of hydrogen-bond acceptors (Lipinski definition) is 6. The van der Waals surface area contributed by atoms with Gasteiger partial charge in [0.05, 0.1) is 12.6 Å². The zero-order valence-electron chi connectivity index (χ0n) is 18.2. The van der Waals surface area contributed by atoms with Gasteiger partial charge in [0.1, 0.15) is 11.6 Å². The van der Waals surface area contributed by atoms with Crippen molar-refractivity contribution in [2.45, 2.75) is 78.0 Å². The second kappa shape index (κ2) is 13.0. The van der Waals surface area contributed by atoms with Crippen LogP contribution in [-0.2, 0) is 19.1 Å². The first kappa shape index (κ1) is 26.6. The molecular weight excluding hydrogens is 378 g/mol. The zero-order valence-corrected chi connectivity index (χ0v) is 18.2. The van der Waals surface area contributed by atoms with Gasteiger partial charge < -0.3 is 32.2 Å². The lowest BCUT2D eigenvalue weighted by Crippen LogP contribution is -2.50. The topological polar surface area (TPSA) is 166 Å². The third-order valence-corrected chi connectivity index (χ3v) is 3.76. The van der Waals surface area contributed by atoms with Crippen molar-refractivity contribution in [2.24, 2.45) is 17.4 Å². The van der Waals surface area contributed by atoms with Crippen molar-refractivity contribution in [3.63, 3.8) is 0 Å². The molecule has 0 aromatic carbocycles. The van der Waals surface area contributed by atoms with E-state index in [2.05, 4.69) is 16.0 Å². The van der Waals surface area contributed by atoms with Crippen LogP contribution in [0.15, 0.2) is 0 Å². The Hall–Kier alpha value is -2.36. The van der Waals surface area contributed by atoms with Crippen LogP contribution in [0, 0.1) is 5.92 Å². The van der Waals surface area contributed by atoms with E-state index in [-0.39, 0.29) is 12.5 Å². The monoisotopic (exact) mass is 415 g/mol. The minimum absolute atomic E-state index is 0.181. The molecule has 10 nitrogen and oxygen atoms in total. The van der Waals surface area contributed by atoms with Gasteiger partial charge in [-0.2, -0.15) is 0 Å². The Morgan fingerprint density at radius 1 is 1.03 bits per heavy atom. The molecule has 168 valence electrons. The number of amides is 4. The Bertz CT molecular complexity index is 560. The molecule has 29 heavy (non-hydrogen) atoms. The van der Waals surface area contributed by atoms with Gasteiger partial charge in [-0.3, -0.25) is 14.4 Å². The lowest BCUT2D eigenvalue weighted by molar-refractivity contribution is -0.129. The quantitative estimate of drug-likeness (QED) is 0.284. The highest BCUT2D eigenvalue weighted by Crippen LogP contribution is 2.07. The summed E-state index contributed by atoms with van der Waals surface area (Å²) in [6.45, 7) is 9.29. The van der Waals surface area contributed by atoms with Gasteiger partial charge in [0.15, 0.2) is 0 Å². The first-order chi connectivity index (χ1) is 13.3. The van der Waals surface area contributed by atoms with Crippen LogP contribution >= 0.6 is 0 Å². The standard InChI is InChI=1S/C19H37N5O5/c1-12(2)10-14(16(21)26)24-15(25)11-23-17(27)13(20)8-6-7-9-22-18(28)29-19(3,4)5/h12-14H,6-11,20H2,1-5H3,(H2,21,26)(H,22,28)(H,23,27)(H,24,25)/t13-,14-/m0/s1. The summed E-state index contributed by atoms with van der Waals surface area (Å²) in [6.07, 6.45) is 1.59.